The maximum atomic E-state index is 12.8. The van der Waals surface area contributed by atoms with Gasteiger partial charge in [-0.1, -0.05) is 352 Å². The van der Waals surface area contributed by atoms with Crippen LogP contribution < -0.4 is 0 Å². The highest BCUT2D eigenvalue weighted by Crippen LogP contribution is 2.19. The van der Waals surface area contributed by atoms with Crippen molar-refractivity contribution in [3.05, 3.63) is 48.6 Å². The summed E-state index contributed by atoms with van der Waals surface area (Å²) in [6, 6.07) is 0. The van der Waals surface area contributed by atoms with Gasteiger partial charge in [0.15, 0.2) is 6.10 Å². The molecule has 0 aromatic heterocycles. The third-order valence-corrected chi connectivity index (χ3v) is 15.8. The molecule has 0 aliphatic heterocycles. The predicted molar refractivity (Wildman–Crippen MR) is 344 cm³/mol. The fourth-order valence-corrected chi connectivity index (χ4v) is 10.6. The van der Waals surface area contributed by atoms with Crippen LogP contribution in [0.2, 0.25) is 0 Å². The van der Waals surface area contributed by atoms with Gasteiger partial charge in [0.2, 0.25) is 0 Å². The van der Waals surface area contributed by atoms with Crippen LogP contribution in [0.1, 0.15) is 380 Å². The number of esters is 3. The molecule has 0 saturated heterocycles. The molecule has 0 amide bonds. The molecule has 1 atom stereocenters. The molecule has 0 aliphatic carbocycles. The molecule has 0 aromatic rings. The van der Waals surface area contributed by atoms with Crippen molar-refractivity contribution < 1.29 is 28.6 Å². The Morgan fingerprint density at radius 2 is 0.494 bits per heavy atom. The minimum absolute atomic E-state index is 0.0731. The first-order valence-electron chi connectivity index (χ1n) is 35.1. The average Bonchev–Trinajstić information content (AvgIpc) is 3.45. The van der Waals surface area contributed by atoms with E-state index in [9.17, 15) is 14.4 Å². The number of carbonyl (C=O) groups excluding carboxylic acids is 3. The van der Waals surface area contributed by atoms with Crippen molar-refractivity contribution in [3.8, 4) is 0 Å². The number of allylic oxidation sites excluding steroid dienone is 8. The van der Waals surface area contributed by atoms with Gasteiger partial charge in [-0.3, -0.25) is 14.4 Å². The molecule has 0 aliphatic rings. The molecule has 0 fully saturated rings. The lowest BCUT2D eigenvalue weighted by atomic mass is 10.0. The van der Waals surface area contributed by atoms with E-state index in [1.807, 2.05) is 0 Å². The van der Waals surface area contributed by atoms with Gasteiger partial charge in [-0.2, -0.15) is 0 Å². The normalized spacial score (nSPS) is 12.3. The van der Waals surface area contributed by atoms with Gasteiger partial charge in [-0.05, 0) is 57.8 Å². The molecule has 0 spiro atoms. The monoisotopic (exact) mass is 1110 g/mol. The van der Waals surface area contributed by atoms with E-state index in [0.717, 1.165) is 96.3 Å². The minimum Gasteiger partial charge on any atom is -0.462 e. The number of ether oxygens (including phenoxy) is 3. The van der Waals surface area contributed by atoms with Crippen LogP contribution in [-0.2, 0) is 28.6 Å². The molecule has 0 aromatic carbocycles. The van der Waals surface area contributed by atoms with E-state index in [0.29, 0.717) is 19.3 Å². The highest BCUT2D eigenvalue weighted by Gasteiger charge is 2.19. The fourth-order valence-electron chi connectivity index (χ4n) is 10.6. The van der Waals surface area contributed by atoms with Crippen LogP contribution in [0.4, 0.5) is 0 Å². The predicted octanol–water partition coefficient (Wildman–Crippen LogP) is 24.1. The van der Waals surface area contributed by atoms with Crippen LogP contribution in [-0.4, -0.2) is 37.2 Å². The zero-order chi connectivity index (χ0) is 57.1. The topological polar surface area (TPSA) is 78.9 Å². The molecule has 6 heteroatoms. The van der Waals surface area contributed by atoms with Crippen molar-refractivity contribution in [2.45, 2.75) is 386 Å². The molecule has 6 nitrogen and oxygen atoms in total. The standard InChI is InChI=1S/C73H134O6/c1-4-7-10-13-15-17-19-21-23-25-27-29-30-31-32-33-34-35-36-37-38-39-40-41-42-44-45-47-49-51-53-55-57-60-63-66-72(75)78-69-70(68-77-71(74)65-62-59-12-9-6-3)79-73(76)67-64-61-58-56-54-52-50-48-46-43-28-26-24-22-20-18-16-14-11-8-5-2/h8,11,16,18,22,24,28,43,70H,4-7,9-10,12-15,17,19-21,23,25-27,29-42,44-69H2,1-3H3/b11-8-,18-16-,24-22-,43-28-. The van der Waals surface area contributed by atoms with Crippen LogP contribution in [0, 0.1) is 0 Å². The van der Waals surface area contributed by atoms with E-state index in [1.54, 1.807) is 0 Å². The quantitative estimate of drug-likeness (QED) is 0.0261. The first-order chi connectivity index (χ1) is 39.0. The number of unbranched alkanes of at least 4 members (excludes halogenated alkanes) is 46. The van der Waals surface area contributed by atoms with Crippen molar-refractivity contribution in [2.24, 2.45) is 0 Å². The molecular weight excluding hydrogens is 973 g/mol. The molecule has 0 N–H and O–H groups in total. The van der Waals surface area contributed by atoms with Gasteiger partial charge < -0.3 is 14.2 Å². The number of hydrogen-bond acceptors (Lipinski definition) is 6. The van der Waals surface area contributed by atoms with Crippen molar-refractivity contribution in [1.82, 2.24) is 0 Å². The van der Waals surface area contributed by atoms with Crippen molar-refractivity contribution in [2.75, 3.05) is 13.2 Å². The van der Waals surface area contributed by atoms with Gasteiger partial charge in [-0.25, -0.2) is 0 Å². The summed E-state index contributed by atoms with van der Waals surface area (Å²) in [6.45, 7) is 6.49. The highest BCUT2D eigenvalue weighted by molar-refractivity contribution is 5.71. The Hall–Kier alpha value is -2.63. The molecule has 462 valence electrons. The Morgan fingerprint density at radius 3 is 0.772 bits per heavy atom. The smallest absolute Gasteiger partial charge is 0.306 e. The second-order valence-electron chi connectivity index (χ2n) is 23.8. The Bertz CT molecular complexity index is 1360. The molecule has 0 heterocycles. The van der Waals surface area contributed by atoms with Crippen LogP contribution in [0.5, 0.6) is 0 Å². The van der Waals surface area contributed by atoms with E-state index in [-0.39, 0.29) is 31.1 Å². The summed E-state index contributed by atoms with van der Waals surface area (Å²) in [5.74, 6) is -0.876. The van der Waals surface area contributed by atoms with Crippen LogP contribution in [0.15, 0.2) is 48.6 Å². The largest absolute Gasteiger partial charge is 0.462 e. The molecule has 0 rings (SSSR count). The Morgan fingerprint density at radius 1 is 0.266 bits per heavy atom. The molecule has 0 radical (unpaired) electrons. The summed E-state index contributed by atoms with van der Waals surface area (Å²) in [5, 5.41) is 0. The van der Waals surface area contributed by atoms with Crippen molar-refractivity contribution >= 4 is 17.9 Å². The van der Waals surface area contributed by atoms with Crippen molar-refractivity contribution in [1.29, 1.82) is 0 Å². The van der Waals surface area contributed by atoms with Gasteiger partial charge in [-0.15, -0.1) is 0 Å². The van der Waals surface area contributed by atoms with E-state index < -0.39 is 6.10 Å². The maximum Gasteiger partial charge on any atom is 0.306 e. The van der Waals surface area contributed by atoms with Gasteiger partial charge in [0, 0.05) is 19.3 Å². The lowest BCUT2D eigenvalue weighted by Gasteiger charge is -2.18. The van der Waals surface area contributed by atoms with Crippen molar-refractivity contribution in [3.63, 3.8) is 0 Å². The summed E-state index contributed by atoms with van der Waals surface area (Å²) in [7, 11) is 0. The lowest BCUT2D eigenvalue weighted by molar-refractivity contribution is -0.167. The molecule has 0 saturated carbocycles. The zero-order valence-corrected chi connectivity index (χ0v) is 53.2. The van der Waals surface area contributed by atoms with Gasteiger partial charge >= 0.3 is 17.9 Å². The summed E-state index contributed by atoms with van der Waals surface area (Å²) < 4.78 is 16.8. The minimum atomic E-state index is -0.773. The highest BCUT2D eigenvalue weighted by atomic mass is 16.6. The first-order valence-corrected chi connectivity index (χ1v) is 35.1. The molecular formula is C73H134O6. The van der Waals surface area contributed by atoms with Gasteiger partial charge in [0.05, 0.1) is 0 Å². The third-order valence-electron chi connectivity index (χ3n) is 15.8. The SMILES string of the molecule is CC/C=C\C/C=C\C/C=C\C/C=C\CCCCCCCCCCC(=O)OC(COC(=O)CCCCCCC)COC(=O)CCCCCCCCCCCCCCCCCCCCCCCCCCCCCCCCCCCCC. The summed E-state index contributed by atoms with van der Waals surface area (Å²) in [6.07, 6.45) is 86.5. The van der Waals surface area contributed by atoms with Crippen LogP contribution in [0.25, 0.3) is 0 Å². The number of rotatable bonds is 65. The molecule has 1 unspecified atom stereocenters. The second kappa shape index (κ2) is 67.9. The Balaban J connectivity index is 3.87. The Labute approximate surface area is 492 Å². The fraction of sp³-hybridized carbons (Fsp3) is 0.849. The Kier molecular flexibility index (Phi) is 65.6. The van der Waals surface area contributed by atoms with Gasteiger partial charge in [0.25, 0.3) is 0 Å². The van der Waals surface area contributed by atoms with E-state index in [2.05, 4.69) is 69.4 Å². The molecule has 79 heavy (non-hydrogen) atoms. The van der Waals surface area contributed by atoms with Crippen LogP contribution in [0.3, 0.4) is 0 Å². The summed E-state index contributed by atoms with van der Waals surface area (Å²) in [4.78, 5) is 38.0. The van der Waals surface area contributed by atoms with E-state index >= 15 is 0 Å². The second-order valence-corrected chi connectivity index (χ2v) is 23.8. The molecule has 0 bridgehead atoms. The lowest BCUT2D eigenvalue weighted by Crippen LogP contribution is -2.30. The zero-order valence-electron chi connectivity index (χ0n) is 53.2. The number of hydrogen-bond donors (Lipinski definition) is 0. The summed E-state index contributed by atoms with van der Waals surface area (Å²) >= 11 is 0. The van der Waals surface area contributed by atoms with Crippen LogP contribution >= 0.6 is 0 Å². The first kappa shape index (κ1) is 76.4. The summed E-state index contributed by atoms with van der Waals surface area (Å²) in [5.41, 5.74) is 0. The number of carbonyl (C=O) groups is 3. The third kappa shape index (κ3) is 66.1. The van der Waals surface area contributed by atoms with Gasteiger partial charge in [0.1, 0.15) is 13.2 Å². The van der Waals surface area contributed by atoms with E-state index in [4.69, 9.17) is 14.2 Å². The maximum absolute atomic E-state index is 12.8. The average molecular weight is 1110 g/mol. The van der Waals surface area contributed by atoms with E-state index in [1.165, 1.54) is 244 Å².